The lowest BCUT2D eigenvalue weighted by Crippen LogP contribution is -2.11. The molecule has 2 heterocycles. The predicted octanol–water partition coefficient (Wildman–Crippen LogP) is 4.92. The Bertz CT molecular complexity index is 893. The van der Waals surface area contributed by atoms with Crippen LogP contribution in [-0.2, 0) is 13.0 Å². The smallest absolute Gasteiger partial charge is 0.126 e. The average molecular weight is 329 g/mol. The van der Waals surface area contributed by atoms with Crippen molar-refractivity contribution in [1.82, 2.24) is 0 Å². The molecule has 0 amide bonds. The highest BCUT2D eigenvalue weighted by Crippen LogP contribution is 2.24. The van der Waals surface area contributed by atoms with Crippen molar-refractivity contribution in [2.24, 2.45) is 4.99 Å². The number of hydrogen-bond donors (Lipinski definition) is 0. The van der Waals surface area contributed by atoms with Crippen molar-refractivity contribution in [3.05, 3.63) is 95.5 Å². The van der Waals surface area contributed by atoms with E-state index < -0.39 is 0 Å². The van der Waals surface area contributed by atoms with Crippen LogP contribution < -0.4 is 4.74 Å². The minimum absolute atomic E-state index is 0.582. The molecule has 0 atom stereocenters. The lowest BCUT2D eigenvalue weighted by molar-refractivity contribution is 0.306. The molecule has 0 spiro atoms. The van der Waals surface area contributed by atoms with Gasteiger partial charge in [-0.15, -0.1) is 0 Å². The van der Waals surface area contributed by atoms with Gasteiger partial charge in [-0.2, -0.15) is 0 Å². The second-order valence-corrected chi connectivity index (χ2v) is 5.96. The number of furan rings is 1. The van der Waals surface area contributed by atoms with Gasteiger partial charge in [0.05, 0.1) is 12.0 Å². The molecule has 1 aliphatic heterocycles. The van der Waals surface area contributed by atoms with E-state index in [9.17, 15) is 0 Å². The standard InChI is InChI=1S/C22H19NO2/c1-2-5-17(6-3-1)16-25-20-8-10-21-18(15-20)12-13-23-22(21)11-9-19-7-4-14-24-19/h1-11,14-15H,12-13,16H2. The fraction of sp³-hybridized carbons (Fsp3) is 0.136. The lowest BCUT2D eigenvalue weighted by atomic mass is 9.97. The first-order valence-electron chi connectivity index (χ1n) is 8.44. The van der Waals surface area contributed by atoms with E-state index in [2.05, 4.69) is 29.3 Å². The van der Waals surface area contributed by atoms with Gasteiger partial charge < -0.3 is 9.15 Å². The van der Waals surface area contributed by atoms with Gasteiger partial charge in [-0.25, -0.2) is 0 Å². The van der Waals surface area contributed by atoms with Gasteiger partial charge in [0.15, 0.2) is 0 Å². The molecular weight excluding hydrogens is 310 g/mol. The summed E-state index contributed by atoms with van der Waals surface area (Å²) in [5.41, 5.74) is 4.61. The molecule has 0 radical (unpaired) electrons. The summed E-state index contributed by atoms with van der Waals surface area (Å²) in [6, 6.07) is 20.3. The second kappa shape index (κ2) is 7.22. The summed E-state index contributed by atoms with van der Waals surface area (Å²) >= 11 is 0. The minimum Gasteiger partial charge on any atom is -0.489 e. The highest BCUT2D eigenvalue weighted by Gasteiger charge is 2.13. The van der Waals surface area contributed by atoms with E-state index in [1.165, 1.54) is 16.7 Å². The summed E-state index contributed by atoms with van der Waals surface area (Å²) in [6.45, 7) is 1.38. The van der Waals surface area contributed by atoms with Gasteiger partial charge >= 0.3 is 0 Å². The van der Waals surface area contributed by atoms with Gasteiger partial charge in [-0.1, -0.05) is 30.3 Å². The van der Waals surface area contributed by atoms with Crippen molar-refractivity contribution in [3.63, 3.8) is 0 Å². The van der Waals surface area contributed by atoms with Crippen molar-refractivity contribution < 1.29 is 9.15 Å². The lowest BCUT2D eigenvalue weighted by Gasteiger charge is -2.16. The molecule has 3 nitrogen and oxygen atoms in total. The normalized spacial score (nSPS) is 13.5. The molecule has 0 N–H and O–H groups in total. The maximum absolute atomic E-state index is 5.94. The van der Waals surface area contributed by atoms with Crippen molar-refractivity contribution in [1.29, 1.82) is 0 Å². The Hall–Kier alpha value is -3.07. The number of benzene rings is 2. The van der Waals surface area contributed by atoms with E-state index in [-0.39, 0.29) is 0 Å². The van der Waals surface area contributed by atoms with E-state index in [0.29, 0.717) is 6.61 Å². The molecule has 25 heavy (non-hydrogen) atoms. The van der Waals surface area contributed by atoms with Crippen LogP contribution in [0, 0.1) is 0 Å². The Labute approximate surface area is 147 Å². The first-order valence-corrected chi connectivity index (χ1v) is 8.44. The number of rotatable bonds is 5. The Kier molecular flexibility index (Phi) is 4.46. The molecule has 1 aromatic heterocycles. The number of aliphatic imine (C=N–C) groups is 1. The van der Waals surface area contributed by atoms with Crippen molar-refractivity contribution in [3.8, 4) is 5.75 Å². The zero-order valence-electron chi connectivity index (χ0n) is 13.9. The largest absolute Gasteiger partial charge is 0.489 e. The fourth-order valence-electron chi connectivity index (χ4n) is 2.93. The van der Waals surface area contributed by atoms with E-state index in [0.717, 1.165) is 30.2 Å². The number of allylic oxidation sites excluding steroid dienone is 1. The topological polar surface area (TPSA) is 34.7 Å². The van der Waals surface area contributed by atoms with Gasteiger partial charge in [0, 0.05) is 12.1 Å². The molecule has 1 aliphatic rings. The van der Waals surface area contributed by atoms with Crippen LogP contribution in [0.1, 0.15) is 22.5 Å². The maximum Gasteiger partial charge on any atom is 0.126 e. The minimum atomic E-state index is 0.582. The molecule has 0 fully saturated rings. The summed E-state index contributed by atoms with van der Waals surface area (Å²) in [6.07, 6.45) is 6.58. The molecule has 0 saturated carbocycles. The zero-order valence-corrected chi connectivity index (χ0v) is 13.9. The molecule has 0 saturated heterocycles. The van der Waals surface area contributed by atoms with Gasteiger partial charge in [0.1, 0.15) is 18.1 Å². The third kappa shape index (κ3) is 3.72. The Morgan fingerprint density at radius 1 is 1.00 bits per heavy atom. The first-order chi connectivity index (χ1) is 12.4. The number of fused-ring (bicyclic) bond motifs is 1. The molecule has 4 rings (SSSR count). The quantitative estimate of drug-likeness (QED) is 0.666. The summed E-state index contributed by atoms with van der Waals surface area (Å²) in [7, 11) is 0. The monoisotopic (exact) mass is 329 g/mol. The third-order valence-corrected chi connectivity index (χ3v) is 4.21. The molecular formula is C22H19NO2. The average Bonchev–Trinajstić information content (AvgIpc) is 3.19. The second-order valence-electron chi connectivity index (χ2n) is 5.96. The Morgan fingerprint density at radius 3 is 2.76 bits per heavy atom. The van der Waals surface area contributed by atoms with Gasteiger partial charge in [-0.3, -0.25) is 4.99 Å². The van der Waals surface area contributed by atoms with Crippen molar-refractivity contribution in [2.45, 2.75) is 13.0 Å². The van der Waals surface area contributed by atoms with Crippen LogP contribution in [0.4, 0.5) is 0 Å². The van der Waals surface area contributed by atoms with Crippen molar-refractivity contribution >= 4 is 11.8 Å². The molecule has 0 bridgehead atoms. The van der Waals surface area contributed by atoms with Gasteiger partial charge in [-0.05, 0) is 60.0 Å². The van der Waals surface area contributed by atoms with E-state index in [1.54, 1.807) is 6.26 Å². The van der Waals surface area contributed by atoms with Crippen LogP contribution in [-0.4, -0.2) is 12.3 Å². The van der Waals surface area contributed by atoms with Gasteiger partial charge in [0.2, 0.25) is 0 Å². The number of hydrogen-bond acceptors (Lipinski definition) is 3. The van der Waals surface area contributed by atoms with Gasteiger partial charge in [0.25, 0.3) is 0 Å². The molecule has 3 aromatic rings. The first kappa shape index (κ1) is 15.5. The van der Waals surface area contributed by atoms with Crippen LogP contribution in [0.5, 0.6) is 5.75 Å². The van der Waals surface area contributed by atoms with Crippen LogP contribution in [0.15, 0.2) is 82.4 Å². The van der Waals surface area contributed by atoms with E-state index in [4.69, 9.17) is 9.15 Å². The predicted molar refractivity (Wildman–Crippen MR) is 100 cm³/mol. The molecule has 3 heteroatoms. The zero-order chi connectivity index (χ0) is 16.9. The van der Waals surface area contributed by atoms with E-state index >= 15 is 0 Å². The van der Waals surface area contributed by atoms with Crippen LogP contribution in [0.2, 0.25) is 0 Å². The van der Waals surface area contributed by atoms with Crippen molar-refractivity contribution in [2.75, 3.05) is 6.54 Å². The summed E-state index contributed by atoms with van der Waals surface area (Å²) in [5, 5.41) is 0. The molecule has 0 unspecified atom stereocenters. The highest BCUT2D eigenvalue weighted by atomic mass is 16.5. The third-order valence-electron chi connectivity index (χ3n) is 4.21. The SMILES string of the molecule is C(=Cc1ccco1)C1=NCCc2cc(OCc3ccccc3)ccc21. The summed E-state index contributed by atoms with van der Waals surface area (Å²) in [4.78, 5) is 4.64. The summed E-state index contributed by atoms with van der Waals surface area (Å²) in [5.74, 6) is 1.73. The van der Waals surface area contributed by atoms with Crippen LogP contribution in [0.3, 0.4) is 0 Å². The summed E-state index contributed by atoms with van der Waals surface area (Å²) < 4.78 is 11.3. The van der Waals surface area contributed by atoms with E-state index in [1.807, 2.05) is 48.6 Å². The molecule has 2 aromatic carbocycles. The van der Waals surface area contributed by atoms with Crippen LogP contribution in [0.25, 0.3) is 6.08 Å². The molecule has 124 valence electrons. The molecule has 0 aliphatic carbocycles. The van der Waals surface area contributed by atoms with Crippen LogP contribution >= 0.6 is 0 Å². The Morgan fingerprint density at radius 2 is 1.92 bits per heavy atom. The number of nitrogens with zero attached hydrogens (tertiary/aromatic N) is 1. The Balaban J connectivity index is 1.50. The number of ether oxygens (including phenoxy) is 1. The highest BCUT2D eigenvalue weighted by molar-refractivity contribution is 6.12. The maximum atomic E-state index is 5.94. The fourth-order valence-corrected chi connectivity index (χ4v) is 2.93.